The topological polar surface area (TPSA) is 47.6 Å². The van der Waals surface area contributed by atoms with E-state index in [0.717, 1.165) is 22.7 Å². The molecule has 4 heteroatoms. The van der Waals surface area contributed by atoms with E-state index in [-0.39, 0.29) is 5.91 Å². The van der Waals surface area contributed by atoms with Crippen molar-refractivity contribution < 1.29 is 14.3 Å². The van der Waals surface area contributed by atoms with Crippen LogP contribution in [0.15, 0.2) is 48.5 Å². The maximum atomic E-state index is 12.5. The molecule has 4 nitrogen and oxygen atoms in total. The van der Waals surface area contributed by atoms with E-state index in [1.807, 2.05) is 62.4 Å². The molecular weight excluding hydrogens is 314 g/mol. The van der Waals surface area contributed by atoms with Gasteiger partial charge in [-0.15, -0.1) is 0 Å². The molecule has 1 amide bonds. The first-order chi connectivity index (χ1) is 12.0. The van der Waals surface area contributed by atoms with Gasteiger partial charge in [0.1, 0.15) is 11.5 Å². The maximum absolute atomic E-state index is 12.5. The first-order valence-electron chi connectivity index (χ1n) is 8.75. The number of hydrogen-bond acceptors (Lipinski definition) is 3. The van der Waals surface area contributed by atoms with Gasteiger partial charge in [-0.2, -0.15) is 0 Å². The van der Waals surface area contributed by atoms with Crippen molar-refractivity contribution in [2.75, 3.05) is 11.9 Å². The van der Waals surface area contributed by atoms with E-state index in [2.05, 4.69) is 19.2 Å². The first kappa shape index (κ1) is 18.8. The number of carbonyl (C=O) groups excluding carboxylic acids is 1. The zero-order chi connectivity index (χ0) is 18.2. The fraction of sp³-hybridized carbons (Fsp3) is 0.381. The molecule has 1 atom stereocenters. The number of nitrogens with one attached hydrogen (secondary N) is 1. The van der Waals surface area contributed by atoms with Crippen LogP contribution in [0.3, 0.4) is 0 Å². The Bertz CT molecular complexity index is 680. The lowest BCUT2D eigenvalue weighted by Crippen LogP contribution is -2.32. The fourth-order valence-corrected chi connectivity index (χ4v) is 2.28. The quantitative estimate of drug-likeness (QED) is 0.748. The summed E-state index contributed by atoms with van der Waals surface area (Å²) in [5.41, 5.74) is 1.74. The molecule has 1 N–H and O–H groups in total. The molecule has 0 heterocycles. The van der Waals surface area contributed by atoms with Gasteiger partial charge in [0.25, 0.3) is 5.91 Å². The van der Waals surface area contributed by atoms with Crippen LogP contribution in [0.2, 0.25) is 0 Å². The maximum Gasteiger partial charge on any atom is 0.265 e. The van der Waals surface area contributed by atoms with E-state index in [4.69, 9.17) is 9.47 Å². The number of carbonyl (C=O) groups is 1. The Morgan fingerprint density at radius 2 is 1.76 bits per heavy atom. The molecule has 2 aromatic rings. The lowest BCUT2D eigenvalue weighted by Gasteiger charge is -2.18. The van der Waals surface area contributed by atoms with Gasteiger partial charge in [0.05, 0.1) is 6.61 Å². The summed E-state index contributed by atoms with van der Waals surface area (Å²) in [5, 5.41) is 2.91. The zero-order valence-electron chi connectivity index (χ0n) is 15.4. The molecule has 0 spiro atoms. The summed E-state index contributed by atoms with van der Waals surface area (Å²) < 4.78 is 11.5. The van der Waals surface area contributed by atoms with Gasteiger partial charge >= 0.3 is 0 Å². The van der Waals surface area contributed by atoms with Crippen LogP contribution in [0.25, 0.3) is 0 Å². The Hall–Kier alpha value is -2.49. The molecule has 0 saturated carbocycles. The van der Waals surface area contributed by atoms with E-state index >= 15 is 0 Å². The van der Waals surface area contributed by atoms with Crippen LogP contribution in [-0.2, 0) is 4.79 Å². The van der Waals surface area contributed by atoms with Crippen molar-refractivity contribution in [3.05, 3.63) is 54.1 Å². The summed E-state index contributed by atoms with van der Waals surface area (Å²) >= 11 is 0. The average Bonchev–Trinajstić information content (AvgIpc) is 2.60. The number of hydrogen-bond donors (Lipinski definition) is 1. The second kappa shape index (κ2) is 9.11. The minimum Gasteiger partial charge on any atom is -0.493 e. The lowest BCUT2D eigenvalue weighted by atomic mass is 10.2. The number of rotatable bonds is 8. The lowest BCUT2D eigenvalue weighted by molar-refractivity contribution is -0.122. The molecule has 0 aliphatic rings. The molecule has 25 heavy (non-hydrogen) atoms. The van der Waals surface area contributed by atoms with Gasteiger partial charge in [-0.05, 0) is 55.2 Å². The number of anilines is 1. The van der Waals surface area contributed by atoms with Gasteiger partial charge in [0, 0.05) is 5.69 Å². The number of amides is 1. The van der Waals surface area contributed by atoms with Crippen molar-refractivity contribution in [2.45, 2.75) is 40.2 Å². The molecule has 0 radical (unpaired) electrons. The summed E-state index contributed by atoms with van der Waals surface area (Å²) in [6, 6.07) is 15.1. The minimum absolute atomic E-state index is 0.151. The monoisotopic (exact) mass is 341 g/mol. The van der Waals surface area contributed by atoms with E-state index in [1.54, 1.807) is 0 Å². The van der Waals surface area contributed by atoms with Crippen LogP contribution in [0, 0.1) is 12.8 Å². The summed E-state index contributed by atoms with van der Waals surface area (Å²) in [4.78, 5) is 12.5. The van der Waals surface area contributed by atoms with Crippen molar-refractivity contribution in [2.24, 2.45) is 5.92 Å². The molecule has 0 aliphatic heterocycles. The van der Waals surface area contributed by atoms with Crippen molar-refractivity contribution in [1.29, 1.82) is 0 Å². The largest absolute Gasteiger partial charge is 0.493 e. The Balaban J connectivity index is 1.96. The van der Waals surface area contributed by atoms with Crippen LogP contribution in [-0.4, -0.2) is 18.6 Å². The summed E-state index contributed by atoms with van der Waals surface area (Å²) in [5.74, 6) is 1.86. The number of para-hydroxylation sites is 1. The van der Waals surface area contributed by atoms with Gasteiger partial charge in [-0.25, -0.2) is 0 Å². The number of ether oxygens (including phenoxy) is 2. The van der Waals surface area contributed by atoms with Crippen LogP contribution in [0.5, 0.6) is 11.5 Å². The summed E-state index contributed by atoms with van der Waals surface area (Å²) in [7, 11) is 0. The third kappa shape index (κ3) is 5.82. The Labute approximate surface area is 150 Å². The molecule has 0 aromatic heterocycles. The second-order valence-electron chi connectivity index (χ2n) is 6.50. The molecule has 0 bridgehead atoms. The molecule has 2 aromatic carbocycles. The Kier molecular flexibility index (Phi) is 6.87. The van der Waals surface area contributed by atoms with Gasteiger partial charge < -0.3 is 14.8 Å². The summed E-state index contributed by atoms with van der Waals surface area (Å²) in [6.45, 7) is 8.79. The smallest absolute Gasteiger partial charge is 0.265 e. The average molecular weight is 341 g/mol. The standard InChI is InChI=1S/C21H27NO3/c1-5-19(25-20-9-7-6-8-16(20)4)21(23)22-17-10-12-18(13-11-17)24-14-15(2)3/h6-13,15,19H,5,14H2,1-4H3,(H,22,23). The van der Waals surface area contributed by atoms with E-state index in [1.165, 1.54) is 0 Å². The van der Waals surface area contributed by atoms with Crippen LogP contribution >= 0.6 is 0 Å². The highest BCUT2D eigenvalue weighted by Crippen LogP contribution is 2.20. The SMILES string of the molecule is CCC(Oc1ccccc1C)C(=O)Nc1ccc(OCC(C)C)cc1. The van der Waals surface area contributed by atoms with Crippen LogP contribution in [0.1, 0.15) is 32.8 Å². The second-order valence-corrected chi connectivity index (χ2v) is 6.50. The molecule has 134 valence electrons. The van der Waals surface area contributed by atoms with Gasteiger partial charge in [-0.3, -0.25) is 4.79 Å². The third-order valence-corrected chi connectivity index (χ3v) is 3.73. The van der Waals surface area contributed by atoms with Gasteiger partial charge in [0.2, 0.25) is 0 Å². The predicted octanol–water partition coefficient (Wildman–Crippen LogP) is 4.83. The van der Waals surface area contributed by atoms with E-state index in [0.29, 0.717) is 18.9 Å². The highest BCUT2D eigenvalue weighted by molar-refractivity contribution is 5.94. The fourth-order valence-electron chi connectivity index (χ4n) is 2.28. The van der Waals surface area contributed by atoms with E-state index < -0.39 is 6.10 Å². The normalized spacial score (nSPS) is 11.9. The van der Waals surface area contributed by atoms with Crippen LogP contribution < -0.4 is 14.8 Å². The molecule has 0 saturated heterocycles. The highest BCUT2D eigenvalue weighted by Gasteiger charge is 2.19. The summed E-state index contributed by atoms with van der Waals surface area (Å²) in [6.07, 6.45) is 0.0633. The first-order valence-corrected chi connectivity index (χ1v) is 8.75. The molecule has 1 unspecified atom stereocenters. The van der Waals surface area contributed by atoms with Crippen molar-refractivity contribution in [3.63, 3.8) is 0 Å². The van der Waals surface area contributed by atoms with Crippen molar-refractivity contribution in [1.82, 2.24) is 0 Å². The number of benzene rings is 2. The molecule has 2 rings (SSSR count). The van der Waals surface area contributed by atoms with Crippen molar-refractivity contribution >= 4 is 11.6 Å². The molecule has 0 fully saturated rings. The van der Waals surface area contributed by atoms with Crippen LogP contribution in [0.4, 0.5) is 5.69 Å². The highest BCUT2D eigenvalue weighted by atomic mass is 16.5. The zero-order valence-corrected chi connectivity index (χ0v) is 15.4. The Morgan fingerprint density at radius 1 is 1.08 bits per heavy atom. The Morgan fingerprint density at radius 3 is 2.36 bits per heavy atom. The third-order valence-electron chi connectivity index (χ3n) is 3.73. The minimum atomic E-state index is -0.530. The van der Waals surface area contributed by atoms with Gasteiger partial charge in [-0.1, -0.05) is 39.0 Å². The molecule has 0 aliphatic carbocycles. The van der Waals surface area contributed by atoms with Gasteiger partial charge in [0.15, 0.2) is 6.10 Å². The number of aryl methyl sites for hydroxylation is 1. The van der Waals surface area contributed by atoms with Crippen molar-refractivity contribution in [3.8, 4) is 11.5 Å². The molecular formula is C21H27NO3. The predicted molar refractivity (Wildman–Crippen MR) is 101 cm³/mol. The van der Waals surface area contributed by atoms with E-state index in [9.17, 15) is 4.79 Å².